The van der Waals surface area contributed by atoms with E-state index < -0.39 is 85.2 Å². The van der Waals surface area contributed by atoms with Gasteiger partial charge in [-0.3, -0.25) is 34.6 Å². The van der Waals surface area contributed by atoms with Crippen molar-refractivity contribution in [2.75, 3.05) is 18.0 Å². The van der Waals surface area contributed by atoms with E-state index in [-0.39, 0.29) is 16.6 Å². The number of nitrogens with zero attached hydrogens (tertiary/aromatic N) is 5. The normalized spacial score (nSPS) is 21.7. The van der Waals surface area contributed by atoms with Crippen molar-refractivity contribution in [3.63, 3.8) is 0 Å². The van der Waals surface area contributed by atoms with Crippen LogP contribution in [-0.2, 0) is 24.0 Å². The van der Waals surface area contributed by atoms with Crippen molar-refractivity contribution in [2.45, 2.75) is 30.9 Å². The molecule has 2 unspecified atom stereocenters. The highest BCUT2D eigenvalue weighted by Gasteiger charge is 2.57. The number of β-lactam (4-membered cyclic amide) rings is 1. The molecule has 1 aromatic carbocycles. The third-order valence-electron chi connectivity index (χ3n) is 6.70. The number of fused-ring (bicyclic) bond motifs is 1. The summed E-state index contributed by atoms with van der Waals surface area (Å²) in [4.78, 5) is 81.6. The fourth-order valence-electron chi connectivity index (χ4n) is 4.18. The molecule has 2 fully saturated rings. The van der Waals surface area contributed by atoms with Gasteiger partial charge in [0.25, 0.3) is 17.3 Å². The third kappa shape index (κ3) is 6.01. The van der Waals surface area contributed by atoms with Crippen molar-refractivity contribution in [2.24, 2.45) is 10.6 Å². The van der Waals surface area contributed by atoms with Crippen LogP contribution < -0.4 is 11.1 Å². The van der Waals surface area contributed by atoms with E-state index in [0.29, 0.717) is 0 Å². The van der Waals surface area contributed by atoms with Gasteiger partial charge in [-0.25, -0.2) is 9.78 Å². The SMILES string of the molecule is CC(C)(ON=C(C(=O)NC1C(=O)N2CC(C=Cc3c([N+](=O)[O-])cccc3[N+](=O)[O-])(C(=O)O)CS[C@H]12)c1csc(N)n1)C(=O)O. The second-order valence-corrected chi connectivity index (χ2v) is 12.0. The number of aromatic nitrogens is 1. The molecule has 2 saturated heterocycles. The summed E-state index contributed by atoms with van der Waals surface area (Å²) in [5.41, 5.74) is -0.0307. The number of thioether (sulfide) groups is 1. The van der Waals surface area contributed by atoms with Crippen LogP contribution in [0.2, 0.25) is 0 Å². The van der Waals surface area contributed by atoms with E-state index in [0.717, 1.165) is 53.4 Å². The van der Waals surface area contributed by atoms with Crippen LogP contribution in [0, 0.1) is 25.6 Å². The highest BCUT2D eigenvalue weighted by Crippen LogP contribution is 2.44. The number of carboxylic acids is 2. The molecule has 0 bridgehead atoms. The van der Waals surface area contributed by atoms with E-state index >= 15 is 0 Å². The van der Waals surface area contributed by atoms with Gasteiger partial charge in [-0.05, 0) is 26.0 Å². The lowest BCUT2D eigenvalue weighted by Gasteiger charge is -2.53. The monoisotopic (exact) mass is 649 g/mol. The molecule has 0 saturated carbocycles. The van der Waals surface area contributed by atoms with Crippen LogP contribution in [0.4, 0.5) is 16.5 Å². The van der Waals surface area contributed by atoms with E-state index in [1.54, 1.807) is 0 Å². The summed E-state index contributed by atoms with van der Waals surface area (Å²) in [5.74, 6) is -4.50. The number of rotatable bonds is 11. The van der Waals surface area contributed by atoms with E-state index in [1.165, 1.54) is 24.1 Å². The van der Waals surface area contributed by atoms with E-state index in [4.69, 9.17) is 10.6 Å². The van der Waals surface area contributed by atoms with Gasteiger partial charge in [0.05, 0.1) is 9.85 Å². The quantitative estimate of drug-likeness (QED) is 0.116. The molecule has 2 aliphatic heterocycles. The largest absolute Gasteiger partial charge is 0.481 e. The van der Waals surface area contributed by atoms with Crippen LogP contribution in [0.5, 0.6) is 0 Å². The standard InChI is InChI=1S/C24H23N7O11S2/c1-23(2,20(34)35)42-28-15(12-8-43-22(25)26-12)17(32)27-16-18(33)29-9-24(21(36)37,10-44-19(16)29)7-6-11-13(30(38)39)4-3-5-14(11)31(40)41/h3-8,16,19H,9-10H2,1-2H3,(H2,25,26)(H,27,32)(H,34,35)(H,36,37)/t16?,19-,24?/m1/s1. The van der Waals surface area contributed by atoms with Gasteiger partial charge in [0, 0.05) is 29.8 Å². The number of nitrogen functional groups attached to an aromatic ring is 1. The fourth-order valence-corrected chi connectivity index (χ4v) is 6.24. The lowest BCUT2D eigenvalue weighted by Crippen LogP contribution is -2.73. The number of aliphatic carboxylic acids is 2. The summed E-state index contributed by atoms with van der Waals surface area (Å²) in [6, 6.07) is 2.09. The Bertz CT molecular complexity index is 1610. The summed E-state index contributed by atoms with van der Waals surface area (Å²) in [6.45, 7) is 2.01. The predicted octanol–water partition coefficient (Wildman–Crippen LogP) is 1.31. The van der Waals surface area contributed by atoms with Crippen molar-refractivity contribution in [1.82, 2.24) is 15.2 Å². The molecular formula is C24H23N7O11S2. The van der Waals surface area contributed by atoms with Crippen molar-refractivity contribution < 1.29 is 44.1 Å². The van der Waals surface area contributed by atoms with Crippen LogP contribution in [-0.4, -0.2) is 88.7 Å². The molecule has 5 N–H and O–H groups in total. The lowest BCUT2D eigenvalue weighted by molar-refractivity contribution is -0.394. The molecule has 20 heteroatoms. The highest BCUT2D eigenvalue weighted by atomic mass is 32.2. The molecule has 4 rings (SSSR count). The Labute approximate surface area is 254 Å². The van der Waals surface area contributed by atoms with Gasteiger partial charge in [-0.2, -0.15) is 0 Å². The van der Waals surface area contributed by atoms with Gasteiger partial charge in [0.2, 0.25) is 11.5 Å². The summed E-state index contributed by atoms with van der Waals surface area (Å²) in [6.07, 6.45) is 2.09. The number of nitrogens with two attached hydrogens (primary N) is 1. The first-order valence-corrected chi connectivity index (χ1v) is 14.3. The second kappa shape index (κ2) is 11.9. The molecule has 3 atom stereocenters. The van der Waals surface area contributed by atoms with Crippen LogP contribution in [0.1, 0.15) is 25.1 Å². The molecule has 0 spiro atoms. The van der Waals surface area contributed by atoms with Gasteiger partial charge in [0.1, 0.15) is 28.1 Å². The minimum absolute atomic E-state index is 0.0368. The maximum absolute atomic E-state index is 13.2. The molecule has 44 heavy (non-hydrogen) atoms. The zero-order chi connectivity index (χ0) is 32.6. The zero-order valence-electron chi connectivity index (χ0n) is 22.7. The molecule has 0 aliphatic carbocycles. The third-order valence-corrected chi connectivity index (χ3v) is 8.92. The predicted molar refractivity (Wildman–Crippen MR) is 155 cm³/mol. The number of carboxylic acid groups (broad SMARTS) is 2. The smallest absolute Gasteiger partial charge is 0.350 e. The average Bonchev–Trinajstić information content (AvgIpc) is 3.39. The Morgan fingerprint density at radius 3 is 2.41 bits per heavy atom. The molecule has 232 valence electrons. The summed E-state index contributed by atoms with van der Waals surface area (Å²) in [7, 11) is 0. The first kappa shape index (κ1) is 31.8. The Morgan fingerprint density at radius 1 is 1.25 bits per heavy atom. The number of thiazole rings is 1. The Morgan fingerprint density at radius 2 is 1.89 bits per heavy atom. The van der Waals surface area contributed by atoms with Gasteiger partial charge in [-0.1, -0.05) is 11.2 Å². The number of nitro groups is 2. The van der Waals surface area contributed by atoms with Crippen molar-refractivity contribution in [1.29, 1.82) is 0 Å². The molecule has 2 amide bonds. The Balaban J connectivity index is 1.55. The number of hydrogen-bond acceptors (Lipinski definition) is 14. The number of amides is 2. The molecule has 18 nitrogen and oxygen atoms in total. The van der Waals surface area contributed by atoms with Gasteiger partial charge < -0.3 is 31.0 Å². The van der Waals surface area contributed by atoms with Crippen LogP contribution >= 0.6 is 23.1 Å². The number of carbonyl (C=O) groups excluding carboxylic acids is 2. The minimum Gasteiger partial charge on any atom is -0.481 e. The topological polar surface area (TPSA) is 271 Å². The number of benzene rings is 1. The molecule has 2 aromatic rings. The van der Waals surface area contributed by atoms with Crippen molar-refractivity contribution >= 4 is 75.1 Å². The van der Waals surface area contributed by atoms with Crippen LogP contribution in [0.15, 0.2) is 34.8 Å². The first-order chi connectivity index (χ1) is 20.6. The number of nitrogens with one attached hydrogen (secondary N) is 1. The van der Waals surface area contributed by atoms with Gasteiger partial charge >= 0.3 is 11.9 Å². The second-order valence-electron chi connectivity index (χ2n) is 10.1. The fraction of sp³-hybridized carbons (Fsp3) is 0.333. The summed E-state index contributed by atoms with van der Waals surface area (Å²) >= 11 is 1.97. The number of oxime groups is 1. The lowest BCUT2D eigenvalue weighted by atomic mass is 9.86. The number of carbonyl (C=O) groups is 4. The van der Waals surface area contributed by atoms with Gasteiger partial charge in [0.15, 0.2) is 10.8 Å². The van der Waals surface area contributed by atoms with Crippen LogP contribution in [0.25, 0.3) is 6.08 Å². The van der Waals surface area contributed by atoms with E-state index in [2.05, 4.69) is 15.5 Å². The van der Waals surface area contributed by atoms with E-state index in [9.17, 15) is 49.6 Å². The van der Waals surface area contributed by atoms with Crippen molar-refractivity contribution in [3.05, 3.63) is 61.1 Å². The van der Waals surface area contributed by atoms with Crippen molar-refractivity contribution in [3.8, 4) is 0 Å². The summed E-state index contributed by atoms with van der Waals surface area (Å²) < 4.78 is 0. The average molecular weight is 650 g/mol. The zero-order valence-corrected chi connectivity index (χ0v) is 24.4. The molecule has 2 aliphatic rings. The minimum atomic E-state index is -1.82. The highest BCUT2D eigenvalue weighted by molar-refractivity contribution is 8.00. The summed E-state index contributed by atoms with van der Waals surface area (Å²) in [5, 5.41) is 49.3. The number of anilines is 1. The number of hydrogen-bond donors (Lipinski definition) is 4. The van der Waals surface area contributed by atoms with E-state index in [1.807, 2.05) is 0 Å². The molecule has 1 aromatic heterocycles. The maximum Gasteiger partial charge on any atom is 0.350 e. The Hall–Kier alpha value is -5.11. The molecule has 3 heterocycles. The number of nitro benzene ring substituents is 2. The first-order valence-electron chi connectivity index (χ1n) is 12.4. The van der Waals surface area contributed by atoms with Gasteiger partial charge in [-0.15, -0.1) is 23.1 Å². The maximum atomic E-state index is 13.2. The molecule has 0 radical (unpaired) electrons. The molecular weight excluding hydrogens is 626 g/mol. The van der Waals surface area contributed by atoms with Crippen LogP contribution in [0.3, 0.4) is 0 Å². The Kier molecular flexibility index (Phi) is 8.59.